The molecule has 2 heterocycles. The van der Waals surface area contributed by atoms with Crippen molar-refractivity contribution in [1.29, 1.82) is 0 Å². The van der Waals surface area contributed by atoms with Crippen LogP contribution in [0.15, 0.2) is 18.3 Å². The van der Waals surface area contributed by atoms with Gasteiger partial charge in [0.2, 0.25) is 0 Å². The first-order valence-electron chi connectivity index (χ1n) is 7.28. The third-order valence-corrected chi connectivity index (χ3v) is 4.20. The molecule has 0 bridgehead atoms. The fourth-order valence-electron chi connectivity index (χ4n) is 2.72. The average molecular weight is 262 g/mol. The Balaban J connectivity index is 2.10. The molecule has 106 valence electrons. The lowest BCUT2D eigenvalue weighted by molar-refractivity contribution is 0.199. The van der Waals surface area contributed by atoms with E-state index >= 15 is 0 Å². The molecule has 0 aliphatic carbocycles. The lowest BCUT2D eigenvalue weighted by Gasteiger charge is -2.40. The maximum absolute atomic E-state index is 4.54. The lowest BCUT2D eigenvalue weighted by atomic mass is 10.1. The van der Waals surface area contributed by atoms with Gasteiger partial charge in [-0.15, -0.1) is 0 Å². The summed E-state index contributed by atoms with van der Waals surface area (Å²) in [5.41, 5.74) is 1.30. The van der Waals surface area contributed by atoms with Crippen molar-refractivity contribution in [2.75, 3.05) is 38.1 Å². The normalized spacial score (nSPS) is 22.5. The zero-order valence-corrected chi connectivity index (χ0v) is 12.6. The van der Waals surface area contributed by atoms with E-state index in [1.807, 2.05) is 13.2 Å². The van der Waals surface area contributed by atoms with Gasteiger partial charge in [-0.1, -0.05) is 6.92 Å². The van der Waals surface area contributed by atoms with Gasteiger partial charge >= 0.3 is 0 Å². The summed E-state index contributed by atoms with van der Waals surface area (Å²) >= 11 is 0. The largest absolute Gasteiger partial charge is 0.354 e. The highest BCUT2D eigenvalue weighted by Crippen LogP contribution is 2.20. The Kier molecular flexibility index (Phi) is 4.77. The highest BCUT2D eigenvalue weighted by molar-refractivity contribution is 5.42. The first kappa shape index (κ1) is 14.3. The Bertz CT molecular complexity index is 407. The summed E-state index contributed by atoms with van der Waals surface area (Å²) in [7, 11) is 1.99. The molecule has 1 aliphatic heterocycles. The van der Waals surface area contributed by atoms with Crippen molar-refractivity contribution in [2.45, 2.75) is 32.9 Å². The molecule has 1 saturated heterocycles. The number of aromatic nitrogens is 1. The topological polar surface area (TPSA) is 31.4 Å². The molecule has 2 unspecified atom stereocenters. The summed E-state index contributed by atoms with van der Waals surface area (Å²) in [5, 5.41) is 3.28. The third-order valence-electron chi connectivity index (χ3n) is 4.20. The van der Waals surface area contributed by atoms with Crippen molar-refractivity contribution in [3.05, 3.63) is 23.9 Å². The van der Waals surface area contributed by atoms with E-state index in [4.69, 9.17) is 0 Å². The van der Waals surface area contributed by atoms with Crippen molar-refractivity contribution in [2.24, 2.45) is 0 Å². The average Bonchev–Trinajstić information content (AvgIpc) is 2.46. The van der Waals surface area contributed by atoms with Crippen LogP contribution in [0, 0.1) is 0 Å². The maximum Gasteiger partial charge on any atom is 0.128 e. The fraction of sp³-hybridized carbons (Fsp3) is 0.667. The molecule has 2 rings (SSSR count). The standard InChI is InChI=1S/C15H26N4/c1-5-18-8-9-19(11-12(18)2)15-10-14(6-7-17-15)13(3)16-4/h6-7,10,12-13,16H,5,8-9,11H2,1-4H3. The number of rotatable bonds is 4. The monoisotopic (exact) mass is 262 g/mol. The fourth-order valence-corrected chi connectivity index (χ4v) is 2.72. The van der Waals surface area contributed by atoms with Gasteiger partial charge in [0.05, 0.1) is 0 Å². The highest BCUT2D eigenvalue weighted by Gasteiger charge is 2.23. The molecule has 4 heteroatoms. The number of pyridine rings is 1. The minimum Gasteiger partial charge on any atom is -0.354 e. The summed E-state index contributed by atoms with van der Waals surface area (Å²) in [5.74, 6) is 1.11. The lowest BCUT2D eigenvalue weighted by Crippen LogP contribution is -2.52. The molecule has 2 atom stereocenters. The number of piperazine rings is 1. The first-order chi connectivity index (χ1) is 9.15. The molecule has 1 aliphatic rings. The van der Waals surface area contributed by atoms with Crippen LogP contribution in [-0.2, 0) is 0 Å². The number of likely N-dealkylation sites (N-methyl/N-ethyl adjacent to an activating group) is 1. The first-order valence-corrected chi connectivity index (χ1v) is 7.28. The molecule has 0 radical (unpaired) electrons. The number of hydrogen-bond acceptors (Lipinski definition) is 4. The molecule has 1 N–H and O–H groups in total. The van der Waals surface area contributed by atoms with Crippen LogP contribution in [0.2, 0.25) is 0 Å². The Labute approximate surface area is 116 Å². The zero-order chi connectivity index (χ0) is 13.8. The molecule has 4 nitrogen and oxygen atoms in total. The van der Waals surface area contributed by atoms with Gasteiger partial charge in [0.15, 0.2) is 0 Å². The van der Waals surface area contributed by atoms with Crippen LogP contribution in [-0.4, -0.2) is 49.2 Å². The smallest absolute Gasteiger partial charge is 0.128 e. The summed E-state index contributed by atoms with van der Waals surface area (Å²) in [6.07, 6.45) is 1.93. The summed E-state index contributed by atoms with van der Waals surface area (Å²) in [4.78, 5) is 9.47. The number of nitrogens with zero attached hydrogens (tertiary/aromatic N) is 3. The molecule has 0 aromatic carbocycles. The molecule has 1 fully saturated rings. The zero-order valence-electron chi connectivity index (χ0n) is 12.6. The van der Waals surface area contributed by atoms with Gasteiger partial charge in [0.25, 0.3) is 0 Å². The van der Waals surface area contributed by atoms with Crippen LogP contribution < -0.4 is 10.2 Å². The van der Waals surface area contributed by atoms with Crippen LogP contribution in [0.25, 0.3) is 0 Å². The van der Waals surface area contributed by atoms with Gasteiger partial charge in [-0.05, 0) is 45.1 Å². The molecule has 0 saturated carbocycles. The second-order valence-electron chi connectivity index (χ2n) is 5.38. The van der Waals surface area contributed by atoms with E-state index in [9.17, 15) is 0 Å². The van der Waals surface area contributed by atoms with Crippen molar-refractivity contribution >= 4 is 5.82 Å². The van der Waals surface area contributed by atoms with E-state index in [0.717, 1.165) is 32.0 Å². The minimum atomic E-state index is 0.371. The molecule has 19 heavy (non-hydrogen) atoms. The van der Waals surface area contributed by atoms with E-state index in [1.54, 1.807) is 0 Å². The van der Waals surface area contributed by atoms with Crippen molar-refractivity contribution in [3.8, 4) is 0 Å². The molecule has 0 spiro atoms. The maximum atomic E-state index is 4.54. The molecule has 1 aromatic heterocycles. The SMILES string of the molecule is CCN1CCN(c2cc(C(C)NC)ccn2)CC1C. The van der Waals surface area contributed by atoms with E-state index in [1.165, 1.54) is 5.56 Å². The van der Waals surface area contributed by atoms with Crippen LogP contribution >= 0.6 is 0 Å². The van der Waals surface area contributed by atoms with Gasteiger partial charge < -0.3 is 10.2 Å². The molecule has 0 amide bonds. The van der Waals surface area contributed by atoms with Gasteiger partial charge in [0, 0.05) is 37.9 Å². The predicted molar refractivity (Wildman–Crippen MR) is 80.6 cm³/mol. The Hall–Kier alpha value is -1.13. The van der Waals surface area contributed by atoms with Gasteiger partial charge in [-0.25, -0.2) is 4.98 Å². The van der Waals surface area contributed by atoms with E-state index in [2.05, 4.69) is 53.0 Å². The van der Waals surface area contributed by atoms with Gasteiger partial charge in [-0.2, -0.15) is 0 Å². The summed E-state index contributed by atoms with van der Waals surface area (Å²) < 4.78 is 0. The molecule has 1 aromatic rings. The van der Waals surface area contributed by atoms with E-state index < -0.39 is 0 Å². The van der Waals surface area contributed by atoms with Crippen molar-refractivity contribution in [1.82, 2.24) is 15.2 Å². The van der Waals surface area contributed by atoms with Crippen LogP contribution in [0.1, 0.15) is 32.4 Å². The number of nitrogens with one attached hydrogen (secondary N) is 1. The number of hydrogen-bond donors (Lipinski definition) is 1. The van der Waals surface area contributed by atoms with Crippen LogP contribution in [0.5, 0.6) is 0 Å². The quantitative estimate of drug-likeness (QED) is 0.898. The van der Waals surface area contributed by atoms with Crippen LogP contribution in [0.4, 0.5) is 5.82 Å². The van der Waals surface area contributed by atoms with Crippen LogP contribution in [0.3, 0.4) is 0 Å². The predicted octanol–water partition coefficient (Wildman–Crippen LogP) is 1.89. The second kappa shape index (κ2) is 6.35. The number of anilines is 1. The third kappa shape index (κ3) is 3.25. The Morgan fingerprint density at radius 1 is 1.47 bits per heavy atom. The summed E-state index contributed by atoms with van der Waals surface area (Å²) in [6.45, 7) is 11.1. The van der Waals surface area contributed by atoms with Crippen molar-refractivity contribution < 1.29 is 0 Å². The van der Waals surface area contributed by atoms with Gasteiger partial charge in [0.1, 0.15) is 5.82 Å². The highest BCUT2D eigenvalue weighted by atomic mass is 15.3. The van der Waals surface area contributed by atoms with Crippen molar-refractivity contribution in [3.63, 3.8) is 0 Å². The van der Waals surface area contributed by atoms with E-state index in [0.29, 0.717) is 12.1 Å². The summed E-state index contributed by atoms with van der Waals surface area (Å²) in [6, 6.07) is 5.29. The van der Waals surface area contributed by atoms with E-state index in [-0.39, 0.29) is 0 Å². The Morgan fingerprint density at radius 3 is 2.89 bits per heavy atom. The molecular weight excluding hydrogens is 236 g/mol. The minimum absolute atomic E-state index is 0.371. The second-order valence-corrected chi connectivity index (χ2v) is 5.38. The van der Waals surface area contributed by atoms with Gasteiger partial charge in [-0.3, -0.25) is 4.90 Å². The molecular formula is C15H26N4. The Morgan fingerprint density at radius 2 is 2.26 bits per heavy atom.